The topological polar surface area (TPSA) is 86.9 Å². The summed E-state index contributed by atoms with van der Waals surface area (Å²) in [6, 6.07) is 0. The van der Waals surface area contributed by atoms with Gasteiger partial charge in [-0.05, 0) is 12.8 Å². The molecule has 1 heterocycles. The van der Waals surface area contributed by atoms with E-state index in [0.29, 0.717) is 25.9 Å². The third kappa shape index (κ3) is 4.68. The van der Waals surface area contributed by atoms with E-state index in [1.807, 2.05) is 0 Å². The number of amides is 2. The van der Waals surface area contributed by atoms with E-state index in [4.69, 9.17) is 0 Å². The quantitative estimate of drug-likeness (QED) is 0.688. The highest BCUT2D eigenvalue weighted by atomic mass is 16.2. The lowest BCUT2D eigenvalue weighted by Gasteiger charge is -2.10. The van der Waals surface area contributed by atoms with Crippen LogP contribution in [-0.4, -0.2) is 34.9 Å². The van der Waals surface area contributed by atoms with Gasteiger partial charge in [-0.2, -0.15) is 0 Å². The third-order valence-corrected chi connectivity index (χ3v) is 3.62. The average Bonchev–Trinajstić information content (AvgIpc) is 3.12. The van der Waals surface area contributed by atoms with E-state index in [9.17, 15) is 9.59 Å². The maximum absolute atomic E-state index is 11.7. The smallest absolute Gasteiger partial charge is 0.223 e. The van der Waals surface area contributed by atoms with Crippen molar-refractivity contribution in [1.82, 2.24) is 20.6 Å². The normalized spacial score (nSPS) is 15.2. The Morgan fingerprint density at radius 1 is 1.25 bits per heavy atom. The van der Waals surface area contributed by atoms with E-state index < -0.39 is 0 Å². The fourth-order valence-electron chi connectivity index (χ4n) is 2.47. The van der Waals surface area contributed by atoms with Crippen LogP contribution in [0.25, 0.3) is 0 Å². The van der Waals surface area contributed by atoms with Crippen molar-refractivity contribution in [1.29, 1.82) is 0 Å². The summed E-state index contributed by atoms with van der Waals surface area (Å²) in [6.07, 6.45) is 8.73. The standard InChI is InChI=1S/C14H22N4O2/c19-13(17-7-5-12-15-9-10-16-12)6-8-18-14(20)11-3-1-2-4-11/h9-11H,1-8H2,(H,15,16)(H,17,19)(H,18,20). The molecular formula is C14H22N4O2. The fraction of sp³-hybridized carbons (Fsp3) is 0.643. The van der Waals surface area contributed by atoms with E-state index in [1.165, 1.54) is 0 Å². The molecule has 110 valence electrons. The van der Waals surface area contributed by atoms with Gasteiger partial charge in [-0.1, -0.05) is 12.8 Å². The molecule has 6 heteroatoms. The number of hydrogen-bond donors (Lipinski definition) is 3. The van der Waals surface area contributed by atoms with Crippen molar-refractivity contribution in [2.75, 3.05) is 13.1 Å². The Kier molecular flexibility index (Phi) is 5.58. The number of aromatic amines is 1. The second-order valence-corrected chi connectivity index (χ2v) is 5.16. The molecule has 0 spiro atoms. The second-order valence-electron chi connectivity index (χ2n) is 5.16. The molecular weight excluding hydrogens is 256 g/mol. The Balaban J connectivity index is 1.52. The lowest BCUT2D eigenvalue weighted by Crippen LogP contribution is -2.34. The number of aromatic nitrogens is 2. The molecule has 1 aliphatic rings. The van der Waals surface area contributed by atoms with Gasteiger partial charge in [0.25, 0.3) is 0 Å². The largest absolute Gasteiger partial charge is 0.356 e. The monoisotopic (exact) mass is 278 g/mol. The molecule has 6 nitrogen and oxygen atoms in total. The van der Waals surface area contributed by atoms with Crippen molar-refractivity contribution in [3.05, 3.63) is 18.2 Å². The van der Waals surface area contributed by atoms with Gasteiger partial charge in [-0.15, -0.1) is 0 Å². The van der Waals surface area contributed by atoms with Crippen LogP contribution >= 0.6 is 0 Å². The number of nitrogens with one attached hydrogen (secondary N) is 3. The number of imidazole rings is 1. The molecule has 0 unspecified atom stereocenters. The van der Waals surface area contributed by atoms with Crippen LogP contribution in [0.5, 0.6) is 0 Å². The predicted octanol–water partition coefficient (Wildman–Crippen LogP) is 0.765. The van der Waals surface area contributed by atoms with Gasteiger partial charge in [0, 0.05) is 44.2 Å². The van der Waals surface area contributed by atoms with Crippen LogP contribution in [0.15, 0.2) is 12.4 Å². The Bertz CT molecular complexity index is 424. The molecule has 0 atom stereocenters. The number of rotatable bonds is 7. The molecule has 0 aliphatic heterocycles. The molecule has 0 bridgehead atoms. The summed E-state index contributed by atoms with van der Waals surface area (Å²) < 4.78 is 0. The van der Waals surface area contributed by atoms with E-state index in [-0.39, 0.29) is 17.7 Å². The highest BCUT2D eigenvalue weighted by molar-refractivity contribution is 5.80. The maximum Gasteiger partial charge on any atom is 0.223 e. The van der Waals surface area contributed by atoms with Gasteiger partial charge >= 0.3 is 0 Å². The van der Waals surface area contributed by atoms with Crippen molar-refractivity contribution in [3.8, 4) is 0 Å². The van der Waals surface area contributed by atoms with E-state index in [0.717, 1.165) is 31.5 Å². The molecule has 3 N–H and O–H groups in total. The first kappa shape index (κ1) is 14.6. The first-order chi connectivity index (χ1) is 9.75. The Morgan fingerprint density at radius 2 is 2.05 bits per heavy atom. The highest BCUT2D eigenvalue weighted by Crippen LogP contribution is 2.24. The van der Waals surface area contributed by atoms with Gasteiger partial charge in [0.2, 0.25) is 11.8 Å². The summed E-state index contributed by atoms with van der Waals surface area (Å²) in [6.45, 7) is 0.977. The SMILES string of the molecule is O=C(CCNC(=O)C1CCCC1)NCCc1ncc[nH]1. The van der Waals surface area contributed by atoms with Crippen LogP contribution in [0.4, 0.5) is 0 Å². The maximum atomic E-state index is 11.7. The Morgan fingerprint density at radius 3 is 2.75 bits per heavy atom. The fourth-order valence-corrected chi connectivity index (χ4v) is 2.47. The van der Waals surface area contributed by atoms with Crippen LogP contribution < -0.4 is 10.6 Å². The molecule has 2 rings (SSSR count). The summed E-state index contributed by atoms with van der Waals surface area (Å²) in [5, 5.41) is 5.66. The van der Waals surface area contributed by atoms with Gasteiger partial charge in [-0.25, -0.2) is 4.98 Å². The van der Waals surface area contributed by atoms with Crippen LogP contribution in [0.2, 0.25) is 0 Å². The van der Waals surface area contributed by atoms with Crippen molar-refractivity contribution in [3.63, 3.8) is 0 Å². The molecule has 1 aromatic rings. The summed E-state index contributed by atoms with van der Waals surface area (Å²) in [4.78, 5) is 30.4. The minimum atomic E-state index is -0.0386. The number of carbonyl (C=O) groups is 2. The minimum absolute atomic E-state index is 0.0386. The predicted molar refractivity (Wildman–Crippen MR) is 74.9 cm³/mol. The number of H-pyrrole nitrogens is 1. The number of nitrogens with zero attached hydrogens (tertiary/aromatic N) is 1. The zero-order chi connectivity index (χ0) is 14.2. The molecule has 20 heavy (non-hydrogen) atoms. The van der Waals surface area contributed by atoms with E-state index in [2.05, 4.69) is 20.6 Å². The summed E-state index contributed by atoms with van der Waals surface area (Å²) in [7, 11) is 0. The molecule has 1 fully saturated rings. The van der Waals surface area contributed by atoms with Gasteiger partial charge in [-0.3, -0.25) is 9.59 Å². The molecule has 1 aliphatic carbocycles. The van der Waals surface area contributed by atoms with Gasteiger partial charge in [0.15, 0.2) is 0 Å². The van der Waals surface area contributed by atoms with Gasteiger partial charge < -0.3 is 15.6 Å². The number of hydrogen-bond acceptors (Lipinski definition) is 3. The average molecular weight is 278 g/mol. The van der Waals surface area contributed by atoms with Crippen molar-refractivity contribution in [2.24, 2.45) is 5.92 Å². The lowest BCUT2D eigenvalue weighted by atomic mass is 10.1. The zero-order valence-electron chi connectivity index (χ0n) is 11.7. The first-order valence-electron chi connectivity index (χ1n) is 7.28. The summed E-state index contributed by atoms with van der Waals surface area (Å²) in [5.74, 6) is 1.09. The van der Waals surface area contributed by atoms with Crippen molar-refractivity contribution in [2.45, 2.75) is 38.5 Å². The molecule has 2 amide bonds. The van der Waals surface area contributed by atoms with Crippen LogP contribution in [-0.2, 0) is 16.0 Å². The highest BCUT2D eigenvalue weighted by Gasteiger charge is 2.22. The number of carbonyl (C=O) groups excluding carboxylic acids is 2. The molecule has 0 saturated heterocycles. The molecule has 0 radical (unpaired) electrons. The van der Waals surface area contributed by atoms with Gasteiger partial charge in [0.05, 0.1) is 0 Å². The van der Waals surface area contributed by atoms with Gasteiger partial charge in [0.1, 0.15) is 5.82 Å². The Labute approximate surface area is 118 Å². The Hall–Kier alpha value is -1.85. The summed E-state index contributed by atoms with van der Waals surface area (Å²) in [5.41, 5.74) is 0. The third-order valence-electron chi connectivity index (χ3n) is 3.62. The van der Waals surface area contributed by atoms with E-state index >= 15 is 0 Å². The zero-order valence-corrected chi connectivity index (χ0v) is 11.7. The van der Waals surface area contributed by atoms with Crippen molar-refractivity contribution >= 4 is 11.8 Å². The molecule has 1 aromatic heterocycles. The lowest BCUT2D eigenvalue weighted by molar-refractivity contribution is -0.125. The summed E-state index contributed by atoms with van der Waals surface area (Å²) >= 11 is 0. The van der Waals surface area contributed by atoms with Crippen molar-refractivity contribution < 1.29 is 9.59 Å². The van der Waals surface area contributed by atoms with Crippen LogP contribution in [0.1, 0.15) is 37.9 Å². The first-order valence-corrected chi connectivity index (χ1v) is 7.28. The van der Waals surface area contributed by atoms with Crippen LogP contribution in [0.3, 0.4) is 0 Å². The minimum Gasteiger partial charge on any atom is -0.356 e. The van der Waals surface area contributed by atoms with Crippen LogP contribution in [0, 0.1) is 5.92 Å². The van der Waals surface area contributed by atoms with E-state index in [1.54, 1.807) is 12.4 Å². The molecule has 0 aromatic carbocycles. The second kappa shape index (κ2) is 7.67. The molecule has 1 saturated carbocycles.